The van der Waals surface area contributed by atoms with Crippen LogP contribution >= 0.6 is 0 Å². The van der Waals surface area contributed by atoms with E-state index in [1.807, 2.05) is 0 Å². The van der Waals surface area contributed by atoms with Crippen LogP contribution in [0.1, 0.15) is 0 Å². The van der Waals surface area contributed by atoms with E-state index in [0.717, 1.165) is 134 Å². The fourth-order valence-electron chi connectivity index (χ4n) is 16.8. The molecule has 0 aliphatic heterocycles. The molecule has 0 aliphatic carbocycles. The SMILES string of the molecule is c1ccc(-c2cc(-c3cccc(-c4nc(-c5ccc(-n6c7ccccc7c7ccccc76)cc5)nc(-c5ccc(-n6c7ccccc7c7ccccc76)cc5)n4)c3)cc(-c3cccc(-c4nc(-c5ccc(-n6c7ccccc7c7ccccc76)cc5)nc(-c5ccc(-n6c7ccccc7c7ccccc76)cc5)n4)c3)c2)cc1. The molecule has 112 heavy (non-hydrogen) atoms. The topological polar surface area (TPSA) is 97.1 Å². The summed E-state index contributed by atoms with van der Waals surface area (Å²) in [5.74, 6) is 3.38. The maximum atomic E-state index is 5.39. The number of hydrogen-bond acceptors (Lipinski definition) is 6. The van der Waals surface area contributed by atoms with E-state index in [1.54, 1.807) is 0 Å². The Morgan fingerprint density at radius 2 is 0.304 bits per heavy atom. The van der Waals surface area contributed by atoms with Crippen LogP contribution in [0.4, 0.5) is 0 Å². The molecule has 522 valence electrons. The smallest absolute Gasteiger partial charge is 0.164 e. The summed E-state index contributed by atoms with van der Waals surface area (Å²) in [5, 5.41) is 9.69. The molecule has 0 unspecified atom stereocenters. The van der Waals surface area contributed by atoms with Gasteiger partial charge in [0.15, 0.2) is 34.9 Å². The third kappa shape index (κ3) is 10.9. The Kier molecular flexibility index (Phi) is 15.0. The van der Waals surface area contributed by atoms with Gasteiger partial charge in [-0.05, 0) is 209 Å². The number of nitrogens with zero attached hydrogens (tertiary/aromatic N) is 10. The van der Waals surface area contributed by atoms with Crippen LogP contribution in [-0.2, 0) is 0 Å². The second-order valence-electron chi connectivity index (χ2n) is 28.6. The van der Waals surface area contributed by atoms with Crippen LogP contribution in [-0.4, -0.2) is 48.2 Å². The highest BCUT2D eigenvalue weighted by molar-refractivity contribution is 6.12. The first-order valence-electron chi connectivity index (χ1n) is 37.8. The summed E-state index contributed by atoms with van der Waals surface area (Å²) in [6, 6.07) is 138. The van der Waals surface area contributed by atoms with Crippen LogP contribution in [0.2, 0.25) is 0 Å². The lowest BCUT2D eigenvalue weighted by Gasteiger charge is -2.14. The van der Waals surface area contributed by atoms with Crippen molar-refractivity contribution in [1.82, 2.24) is 48.2 Å². The summed E-state index contributed by atoms with van der Waals surface area (Å²) in [7, 11) is 0. The molecule has 22 rings (SSSR count). The molecule has 10 heteroatoms. The van der Waals surface area contributed by atoms with Gasteiger partial charge in [0.2, 0.25) is 0 Å². The van der Waals surface area contributed by atoms with E-state index in [9.17, 15) is 0 Å². The molecule has 6 heterocycles. The molecule has 0 saturated carbocycles. The van der Waals surface area contributed by atoms with Crippen molar-refractivity contribution in [2.45, 2.75) is 0 Å². The van der Waals surface area contributed by atoms with E-state index < -0.39 is 0 Å². The molecule has 22 aromatic rings. The van der Waals surface area contributed by atoms with Crippen molar-refractivity contribution >= 4 is 87.2 Å². The van der Waals surface area contributed by atoms with Gasteiger partial charge < -0.3 is 18.3 Å². The van der Waals surface area contributed by atoms with Crippen LogP contribution in [0, 0.1) is 0 Å². The zero-order valence-electron chi connectivity index (χ0n) is 60.4. The fraction of sp³-hybridized carbons (Fsp3) is 0. The monoisotopic (exact) mass is 1430 g/mol. The van der Waals surface area contributed by atoms with Crippen LogP contribution in [0.15, 0.2) is 388 Å². The van der Waals surface area contributed by atoms with Gasteiger partial charge in [0.25, 0.3) is 0 Å². The first-order valence-corrected chi connectivity index (χ1v) is 37.8. The Bertz CT molecular complexity index is 6490. The maximum absolute atomic E-state index is 5.39. The van der Waals surface area contributed by atoms with E-state index in [-0.39, 0.29) is 0 Å². The molecule has 0 amide bonds. The van der Waals surface area contributed by atoms with Gasteiger partial charge in [0.1, 0.15) is 0 Å². The van der Waals surface area contributed by atoms with Crippen molar-refractivity contribution in [1.29, 1.82) is 0 Å². The molecule has 16 aromatic carbocycles. The Morgan fingerprint density at radius 1 is 0.125 bits per heavy atom. The minimum Gasteiger partial charge on any atom is -0.309 e. The van der Waals surface area contributed by atoms with E-state index in [4.69, 9.17) is 29.9 Å². The summed E-state index contributed by atoms with van der Waals surface area (Å²) >= 11 is 0. The summed E-state index contributed by atoms with van der Waals surface area (Å²) in [5.41, 5.74) is 24.8. The molecule has 0 bridgehead atoms. The minimum absolute atomic E-state index is 0.557. The average molecular weight is 1430 g/mol. The summed E-state index contributed by atoms with van der Waals surface area (Å²) < 4.78 is 9.34. The number of benzene rings is 16. The van der Waals surface area contributed by atoms with E-state index in [1.165, 1.54) is 43.1 Å². The summed E-state index contributed by atoms with van der Waals surface area (Å²) in [4.78, 5) is 32.2. The summed E-state index contributed by atoms with van der Waals surface area (Å²) in [6.07, 6.45) is 0. The Morgan fingerprint density at radius 3 is 0.545 bits per heavy atom. The Labute approximate surface area is 644 Å². The highest BCUT2D eigenvalue weighted by Gasteiger charge is 2.22. The van der Waals surface area contributed by atoms with Crippen LogP contribution in [0.5, 0.6) is 0 Å². The molecule has 0 atom stereocenters. The number of rotatable bonds is 13. The van der Waals surface area contributed by atoms with E-state index >= 15 is 0 Å². The molecule has 0 fully saturated rings. The number of aromatic nitrogens is 10. The standard InChI is InChI=1S/C102H64N10/c1-2-22-65(23-3-1)74-62-75(70-24-20-26-72(60-70)101-105-97(66-44-52-77(53-45-66)109-89-36-12-4-28-81(89)82-29-5-13-37-90(82)109)103-98(106-101)67-46-54-78(55-47-67)110-91-38-14-6-30-83(91)84-31-7-15-39-92(84)110)64-76(63-74)71-25-21-27-73(61-71)102-107-99(68-48-56-79(57-49-68)111-93-40-16-8-32-85(93)86-33-9-17-41-94(86)111)104-100(108-102)69-50-58-80(59-51-69)112-95-42-18-10-34-87(95)88-35-11-19-43-96(88)112/h1-64H. The van der Waals surface area contributed by atoms with Crippen molar-refractivity contribution in [2.75, 3.05) is 0 Å². The molecule has 0 N–H and O–H groups in total. The van der Waals surface area contributed by atoms with Crippen molar-refractivity contribution < 1.29 is 0 Å². The predicted molar refractivity (Wildman–Crippen MR) is 459 cm³/mol. The zero-order valence-corrected chi connectivity index (χ0v) is 60.4. The molecule has 6 aromatic heterocycles. The van der Waals surface area contributed by atoms with Crippen molar-refractivity contribution in [2.24, 2.45) is 0 Å². The zero-order chi connectivity index (χ0) is 73.7. The first kappa shape index (κ1) is 64.0. The second kappa shape index (κ2) is 26.3. The molecular formula is C102H64N10. The third-order valence-corrected chi connectivity index (χ3v) is 22.1. The van der Waals surface area contributed by atoms with Gasteiger partial charge in [-0.15, -0.1) is 0 Å². The summed E-state index contributed by atoms with van der Waals surface area (Å²) in [6.45, 7) is 0. The van der Waals surface area contributed by atoms with Gasteiger partial charge in [-0.3, -0.25) is 0 Å². The van der Waals surface area contributed by atoms with E-state index in [2.05, 4.69) is 407 Å². The number of hydrogen-bond donors (Lipinski definition) is 0. The van der Waals surface area contributed by atoms with Crippen molar-refractivity contribution in [3.63, 3.8) is 0 Å². The quantitative estimate of drug-likeness (QED) is 0.114. The number of para-hydroxylation sites is 8. The van der Waals surface area contributed by atoms with Crippen molar-refractivity contribution in [3.8, 4) is 124 Å². The molecule has 0 radical (unpaired) electrons. The van der Waals surface area contributed by atoms with Gasteiger partial charge in [0.05, 0.1) is 44.1 Å². The molecular weight excluding hydrogens is 1370 g/mol. The molecule has 10 nitrogen and oxygen atoms in total. The molecule has 0 aliphatic rings. The minimum atomic E-state index is 0.557. The Balaban J connectivity index is 0.652. The molecule has 0 saturated heterocycles. The molecule has 0 spiro atoms. The predicted octanol–water partition coefficient (Wildman–Crippen LogP) is 25.4. The van der Waals surface area contributed by atoms with Gasteiger partial charge in [0, 0.05) is 99.2 Å². The van der Waals surface area contributed by atoms with E-state index in [0.29, 0.717) is 34.9 Å². The number of fused-ring (bicyclic) bond motifs is 12. The lowest BCUT2D eigenvalue weighted by Crippen LogP contribution is -2.01. The second-order valence-corrected chi connectivity index (χ2v) is 28.6. The Hall–Kier alpha value is -15.3. The lowest BCUT2D eigenvalue weighted by molar-refractivity contribution is 1.07. The first-order chi connectivity index (χ1) is 55.5. The maximum Gasteiger partial charge on any atom is 0.164 e. The average Bonchev–Trinajstić information content (AvgIpc) is 1.58. The van der Waals surface area contributed by atoms with Crippen LogP contribution < -0.4 is 0 Å². The van der Waals surface area contributed by atoms with Gasteiger partial charge in [-0.1, -0.05) is 212 Å². The highest BCUT2D eigenvalue weighted by atomic mass is 15.1. The van der Waals surface area contributed by atoms with Crippen molar-refractivity contribution in [3.05, 3.63) is 388 Å². The van der Waals surface area contributed by atoms with Gasteiger partial charge in [-0.25, -0.2) is 29.9 Å². The normalized spacial score (nSPS) is 11.8. The van der Waals surface area contributed by atoms with Crippen LogP contribution in [0.3, 0.4) is 0 Å². The highest BCUT2D eigenvalue weighted by Crippen LogP contribution is 2.41. The van der Waals surface area contributed by atoms with Gasteiger partial charge in [-0.2, -0.15) is 0 Å². The third-order valence-electron chi connectivity index (χ3n) is 22.1. The van der Waals surface area contributed by atoms with Gasteiger partial charge >= 0.3 is 0 Å². The van der Waals surface area contributed by atoms with Crippen LogP contribution in [0.25, 0.3) is 212 Å². The largest absolute Gasteiger partial charge is 0.309 e. The lowest BCUT2D eigenvalue weighted by atomic mass is 9.92. The fourth-order valence-corrected chi connectivity index (χ4v) is 16.8.